The van der Waals surface area contributed by atoms with Gasteiger partial charge in [0.1, 0.15) is 0 Å². The number of hydrogen-bond acceptors (Lipinski definition) is 4. The Morgan fingerprint density at radius 3 is 2.46 bits per heavy atom. The highest BCUT2D eigenvalue weighted by Crippen LogP contribution is 2.06. The number of rotatable bonds is 3. The van der Waals surface area contributed by atoms with Gasteiger partial charge < -0.3 is 0 Å². The van der Waals surface area contributed by atoms with Crippen LogP contribution < -0.4 is 4.83 Å². The maximum Gasteiger partial charge on any atom is 0.277 e. The number of isothiocyanates is 1. The lowest BCUT2D eigenvalue weighted by molar-refractivity contribution is 0.585. The second-order valence-electron chi connectivity index (χ2n) is 2.11. The van der Waals surface area contributed by atoms with Gasteiger partial charge in [-0.2, -0.15) is 13.2 Å². The van der Waals surface area contributed by atoms with Gasteiger partial charge in [-0.05, 0) is 24.4 Å². The van der Waals surface area contributed by atoms with Crippen LogP contribution in [0.15, 0.2) is 40.3 Å². The molecule has 1 aromatic rings. The Kier molecular flexibility index (Phi) is 3.13. The van der Waals surface area contributed by atoms with Gasteiger partial charge in [0, 0.05) is 0 Å². The number of hydrogen-bond donors (Lipinski definition) is 1. The molecule has 0 aliphatic carbocycles. The zero-order chi connectivity index (χ0) is 9.73. The highest BCUT2D eigenvalue weighted by atomic mass is 32.2. The molecule has 0 atom stereocenters. The number of hydrazone groups is 1. The van der Waals surface area contributed by atoms with Gasteiger partial charge in [0.2, 0.25) is 0 Å². The monoisotopic (exact) mass is 214 g/mol. The maximum absolute atomic E-state index is 11.3. The molecule has 1 aromatic carbocycles. The van der Waals surface area contributed by atoms with E-state index in [4.69, 9.17) is 0 Å². The normalized spacial score (nSPS) is 10.2. The maximum atomic E-state index is 11.3. The molecule has 0 aromatic heterocycles. The van der Waals surface area contributed by atoms with Crippen molar-refractivity contribution in [3.8, 4) is 0 Å². The molecule has 0 saturated carbocycles. The summed E-state index contributed by atoms with van der Waals surface area (Å²) in [5.74, 6) is 0. The van der Waals surface area contributed by atoms with E-state index < -0.39 is 10.0 Å². The third-order valence-electron chi connectivity index (χ3n) is 1.26. The largest absolute Gasteiger partial charge is 0.277 e. The SMILES string of the molecule is O=S(=O)(NN=C=S)c1ccccc1. The van der Waals surface area contributed by atoms with Gasteiger partial charge in [0.15, 0.2) is 0 Å². The second kappa shape index (κ2) is 4.13. The van der Waals surface area contributed by atoms with E-state index in [-0.39, 0.29) is 4.90 Å². The third kappa shape index (κ3) is 2.62. The summed E-state index contributed by atoms with van der Waals surface area (Å²) in [5, 5.41) is 5.06. The van der Waals surface area contributed by atoms with Crippen molar-refractivity contribution in [2.45, 2.75) is 4.90 Å². The molecular formula is C7H6N2O2S2. The predicted octanol–water partition coefficient (Wildman–Crippen LogP) is 0.983. The molecule has 0 radical (unpaired) electrons. The average molecular weight is 214 g/mol. The first kappa shape index (κ1) is 9.85. The van der Waals surface area contributed by atoms with E-state index in [0.29, 0.717) is 0 Å². The molecule has 0 aliphatic rings. The van der Waals surface area contributed by atoms with Gasteiger partial charge in [-0.15, -0.1) is 5.10 Å². The second-order valence-corrected chi connectivity index (χ2v) is 3.95. The summed E-state index contributed by atoms with van der Waals surface area (Å²) in [5.41, 5.74) is 0. The molecule has 0 unspecified atom stereocenters. The van der Waals surface area contributed by atoms with Crippen LogP contribution in [0.3, 0.4) is 0 Å². The van der Waals surface area contributed by atoms with Crippen molar-refractivity contribution in [3.63, 3.8) is 0 Å². The number of benzene rings is 1. The summed E-state index contributed by atoms with van der Waals surface area (Å²) >= 11 is 4.23. The third-order valence-corrected chi connectivity index (χ3v) is 2.58. The highest BCUT2D eigenvalue weighted by Gasteiger charge is 2.10. The van der Waals surface area contributed by atoms with Crippen LogP contribution in [0.1, 0.15) is 0 Å². The van der Waals surface area contributed by atoms with E-state index >= 15 is 0 Å². The Labute approximate surface area is 81.3 Å². The summed E-state index contributed by atoms with van der Waals surface area (Å²) < 4.78 is 22.6. The molecule has 0 heterocycles. The van der Waals surface area contributed by atoms with Crippen molar-refractivity contribution in [1.82, 2.24) is 4.83 Å². The first-order valence-electron chi connectivity index (χ1n) is 3.30. The number of nitrogens with zero attached hydrogens (tertiary/aromatic N) is 1. The standard InChI is InChI=1S/C7H6N2O2S2/c10-13(11,9-8-6-12)7-4-2-1-3-5-7/h1-5,9H. The number of nitrogens with one attached hydrogen (secondary N) is 1. The molecule has 0 spiro atoms. The fourth-order valence-corrected chi connectivity index (χ4v) is 1.62. The predicted molar refractivity (Wildman–Crippen MR) is 51.8 cm³/mol. The van der Waals surface area contributed by atoms with E-state index in [9.17, 15) is 8.42 Å². The van der Waals surface area contributed by atoms with Crippen LogP contribution in [-0.2, 0) is 10.0 Å². The fraction of sp³-hybridized carbons (Fsp3) is 0. The summed E-state index contributed by atoms with van der Waals surface area (Å²) in [6.45, 7) is 0. The van der Waals surface area contributed by atoms with Crippen LogP contribution in [0.5, 0.6) is 0 Å². The summed E-state index contributed by atoms with van der Waals surface area (Å²) in [6, 6.07) is 7.88. The minimum atomic E-state index is -3.57. The zero-order valence-electron chi connectivity index (χ0n) is 6.47. The van der Waals surface area contributed by atoms with E-state index in [1.807, 2.05) is 9.99 Å². The van der Waals surface area contributed by atoms with Crippen LogP contribution in [0.25, 0.3) is 0 Å². The number of thiocarbonyl (C=S) groups is 1. The first-order valence-corrected chi connectivity index (χ1v) is 5.20. The van der Waals surface area contributed by atoms with Crippen molar-refractivity contribution in [2.24, 2.45) is 5.10 Å². The average Bonchev–Trinajstić information content (AvgIpc) is 2.16. The van der Waals surface area contributed by atoms with Gasteiger partial charge in [-0.1, -0.05) is 18.2 Å². The van der Waals surface area contributed by atoms with Gasteiger partial charge in [0.25, 0.3) is 10.0 Å². The van der Waals surface area contributed by atoms with Gasteiger partial charge in [0.05, 0.1) is 10.1 Å². The van der Waals surface area contributed by atoms with Crippen molar-refractivity contribution in [2.75, 3.05) is 0 Å². The van der Waals surface area contributed by atoms with Crippen molar-refractivity contribution in [1.29, 1.82) is 0 Å². The Morgan fingerprint density at radius 2 is 1.92 bits per heavy atom. The lowest BCUT2D eigenvalue weighted by atomic mass is 10.4. The molecule has 1 N–H and O–H groups in total. The molecule has 4 nitrogen and oxygen atoms in total. The smallest absolute Gasteiger partial charge is 0.200 e. The van der Waals surface area contributed by atoms with E-state index in [1.54, 1.807) is 18.2 Å². The molecule has 68 valence electrons. The van der Waals surface area contributed by atoms with Crippen LogP contribution >= 0.6 is 12.2 Å². The number of sulfonamides is 1. The molecule has 0 aliphatic heterocycles. The fourth-order valence-electron chi connectivity index (χ4n) is 0.731. The van der Waals surface area contributed by atoms with Gasteiger partial charge in [-0.25, -0.2) is 0 Å². The minimum absolute atomic E-state index is 0.143. The Balaban J connectivity index is 3.02. The summed E-state index contributed by atoms with van der Waals surface area (Å²) in [6.07, 6.45) is 0. The lowest BCUT2D eigenvalue weighted by Crippen LogP contribution is -2.17. The zero-order valence-corrected chi connectivity index (χ0v) is 8.10. The van der Waals surface area contributed by atoms with Crippen molar-refractivity contribution in [3.05, 3.63) is 30.3 Å². The Bertz CT molecular complexity index is 421. The Hall–Kier alpha value is -1.23. The molecule has 6 heteroatoms. The minimum Gasteiger partial charge on any atom is -0.200 e. The highest BCUT2D eigenvalue weighted by molar-refractivity contribution is 7.89. The quantitative estimate of drug-likeness (QED) is 0.463. The summed E-state index contributed by atoms with van der Waals surface area (Å²) in [4.78, 5) is 2.05. The summed E-state index contributed by atoms with van der Waals surface area (Å²) in [7, 11) is -3.57. The first-order chi connectivity index (χ1) is 6.17. The molecule has 0 saturated heterocycles. The van der Waals surface area contributed by atoms with Crippen LogP contribution in [-0.4, -0.2) is 13.6 Å². The topological polar surface area (TPSA) is 58.5 Å². The molecular weight excluding hydrogens is 208 g/mol. The molecule has 0 amide bonds. The van der Waals surface area contributed by atoms with Gasteiger partial charge in [-0.3, -0.25) is 0 Å². The van der Waals surface area contributed by atoms with Crippen molar-refractivity contribution < 1.29 is 8.42 Å². The van der Waals surface area contributed by atoms with Crippen molar-refractivity contribution >= 4 is 27.4 Å². The van der Waals surface area contributed by atoms with E-state index in [1.165, 1.54) is 12.1 Å². The van der Waals surface area contributed by atoms with E-state index in [0.717, 1.165) is 0 Å². The molecule has 1 rings (SSSR count). The lowest BCUT2D eigenvalue weighted by Gasteiger charge is -1.99. The van der Waals surface area contributed by atoms with Gasteiger partial charge >= 0.3 is 0 Å². The van der Waals surface area contributed by atoms with Crippen LogP contribution in [0.2, 0.25) is 0 Å². The molecule has 0 fully saturated rings. The van der Waals surface area contributed by atoms with Crippen LogP contribution in [0, 0.1) is 0 Å². The molecule has 0 bridgehead atoms. The van der Waals surface area contributed by atoms with Crippen LogP contribution in [0.4, 0.5) is 0 Å². The van der Waals surface area contributed by atoms with E-state index in [2.05, 4.69) is 17.3 Å². The Morgan fingerprint density at radius 1 is 1.31 bits per heavy atom. The molecule has 13 heavy (non-hydrogen) atoms.